The van der Waals surface area contributed by atoms with Crippen LogP contribution in [0.25, 0.3) is 0 Å². The van der Waals surface area contributed by atoms with Crippen LogP contribution in [-0.4, -0.2) is 54.4 Å². The lowest BCUT2D eigenvalue weighted by Gasteiger charge is -2.26. The van der Waals surface area contributed by atoms with E-state index in [9.17, 15) is 9.59 Å². The summed E-state index contributed by atoms with van der Waals surface area (Å²) in [4.78, 5) is 26.5. The highest BCUT2D eigenvalue weighted by Gasteiger charge is 2.20. The van der Waals surface area contributed by atoms with E-state index in [0.717, 1.165) is 25.2 Å². The summed E-state index contributed by atoms with van der Waals surface area (Å²) in [6.45, 7) is 9.93. The number of hydrogen-bond donors (Lipinski definition) is 2. The first-order valence-corrected chi connectivity index (χ1v) is 9.97. The molecule has 0 saturated carbocycles. The van der Waals surface area contributed by atoms with Crippen LogP contribution < -0.4 is 10.6 Å². The Balaban J connectivity index is 1.74. The molecule has 1 fully saturated rings. The van der Waals surface area contributed by atoms with Gasteiger partial charge in [0.2, 0.25) is 5.91 Å². The molecule has 1 aromatic carbocycles. The molecule has 1 saturated heterocycles. The maximum atomic E-state index is 12.2. The predicted octanol–water partition coefficient (Wildman–Crippen LogP) is 2.13. The number of carbonyl (C=O) groups is 2. The Morgan fingerprint density at radius 1 is 1.08 bits per heavy atom. The minimum absolute atomic E-state index is 0.0189. The van der Waals surface area contributed by atoms with Gasteiger partial charge in [0.25, 0.3) is 5.91 Å². The fraction of sp³-hybridized carbons (Fsp3) is 0.579. The Morgan fingerprint density at radius 3 is 2.32 bits per heavy atom. The van der Waals surface area contributed by atoms with E-state index < -0.39 is 5.41 Å². The molecule has 2 N–H and O–H groups in total. The van der Waals surface area contributed by atoms with E-state index >= 15 is 0 Å². The summed E-state index contributed by atoms with van der Waals surface area (Å²) in [5.74, 6) is 2.34. The van der Waals surface area contributed by atoms with Crippen molar-refractivity contribution < 1.29 is 9.59 Å². The molecule has 25 heavy (non-hydrogen) atoms. The number of benzene rings is 1. The van der Waals surface area contributed by atoms with Gasteiger partial charge in [-0.2, -0.15) is 11.8 Å². The molecule has 1 aromatic rings. The van der Waals surface area contributed by atoms with Crippen molar-refractivity contribution >= 4 is 23.6 Å². The lowest BCUT2D eigenvalue weighted by atomic mass is 9.95. The van der Waals surface area contributed by atoms with Crippen molar-refractivity contribution in [3.05, 3.63) is 35.4 Å². The van der Waals surface area contributed by atoms with E-state index in [0.29, 0.717) is 18.7 Å². The Bertz CT molecular complexity index is 575. The molecule has 1 aliphatic heterocycles. The fourth-order valence-electron chi connectivity index (χ4n) is 2.48. The molecule has 1 heterocycles. The number of carbonyl (C=O) groups excluding carboxylic acids is 2. The summed E-state index contributed by atoms with van der Waals surface area (Å²) in [5, 5.41) is 5.89. The molecule has 2 rings (SSSR count). The maximum Gasteiger partial charge on any atom is 0.251 e. The van der Waals surface area contributed by atoms with E-state index in [4.69, 9.17) is 0 Å². The molecular weight excluding hydrogens is 334 g/mol. The number of amides is 2. The highest BCUT2D eigenvalue weighted by Crippen LogP contribution is 2.13. The first kappa shape index (κ1) is 19.8. The summed E-state index contributed by atoms with van der Waals surface area (Å²) in [6.07, 6.45) is 0. The Kier molecular flexibility index (Phi) is 7.32. The number of hydrogen-bond acceptors (Lipinski definition) is 4. The summed E-state index contributed by atoms with van der Waals surface area (Å²) in [7, 11) is 0. The van der Waals surface area contributed by atoms with Crippen LogP contribution in [0.1, 0.15) is 36.7 Å². The van der Waals surface area contributed by atoms with E-state index in [1.54, 1.807) is 0 Å². The molecule has 0 radical (unpaired) electrons. The van der Waals surface area contributed by atoms with Crippen molar-refractivity contribution in [2.24, 2.45) is 5.41 Å². The van der Waals surface area contributed by atoms with Crippen LogP contribution in [-0.2, 0) is 11.3 Å². The van der Waals surface area contributed by atoms with Gasteiger partial charge in [-0.25, -0.2) is 0 Å². The minimum atomic E-state index is -0.396. The van der Waals surface area contributed by atoms with Gasteiger partial charge in [-0.15, -0.1) is 0 Å². The van der Waals surface area contributed by atoms with E-state index in [2.05, 4.69) is 15.5 Å². The third kappa shape index (κ3) is 6.71. The quantitative estimate of drug-likeness (QED) is 0.813. The fourth-order valence-corrected chi connectivity index (χ4v) is 3.45. The SMILES string of the molecule is CC(C)(C)C(=O)NCc1ccc(C(=O)NCCN2CCSCC2)cc1. The molecule has 138 valence electrons. The zero-order valence-corrected chi connectivity index (χ0v) is 16.2. The normalized spacial score (nSPS) is 15.6. The molecule has 2 amide bonds. The van der Waals surface area contributed by atoms with Gasteiger partial charge in [0.15, 0.2) is 0 Å². The maximum absolute atomic E-state index is 12.2. The van der Waals surface area contributed by atoms with Crippen LogP contribution in [0, 0.1) is 5.41 Å². The van der Waals surface area contributed by atoms with Crippen molar-refractivity contribution in [1.82, 2.24) is 15.5 Å². The summed E-state index contributed by atoms with van der Waals surface area (Å²) in [6, 6.07) is 7.40. The zero-order chi connectivity index (χ0) is 18.3. The molecule has 1 aliphatic rings. The van der Waals surface area contributed by atoms with Gasteiger partial charge in [0, 0.05) is 55.2 Å². The average molecular weight is 364 g/mol. The standard InChI is InChI=1S/C19H29N3O2S/c1-19(2,3)18(24)21-14-15-4-6-16(7-5-15)17(23)20-8-9-22-10-12-25-13-11-22/h4-7H,8-14H2,1-3H3,(H,20,23)(H,21,24). The first-order valence-electron chi connectivity index (χ1n) is 8.82. The second-order valence-electron chi connectivity index (χ2n) is 7.34. The summed E-state index contributed by atoms with van der Waals surface area (Å²) < 4.78 is 0. The van der Waals surface area contributed by atoms with E-state index in [-0.39, 0.29) is 11.8 Å². The lowest BCUT2D eigenvalue weighted by Crippen LogP contribution is -2.39. The van der Waals surface area contributed by atoms with Crippen LogP contribution in [0.4, 0.5) is 0 Å². The molecular formula is C19H29N3O2S. The van der Waals surface area contributed by atoms with Crippen molar-refractivity contribution in [2.75, 3.05) is 37.7 Å². The molecule has 5 nitrogen and oxygen atoms in total. The lowest BCUT2D eigenvalue weighted by molar-refractivity contribution is -0.128. The highest BCUT2D eigenvalue weighted by molar-refractivity contribution is 7.99. The van der Waals surface area contributed by atoms with Crippen LogP contribution in [0.2, 0.25) is 0 Å². The van der Waals surface area contributed by atoms with Crippen LogP contribution in [0.15, 0.2) is 24.3 Å². The van der Waals surface area contributed by atoms with Gasteiger partial charge < -0.3 is 10.6 Å². The Hall–Kier alpha value is -1.53. The monoisotopic (exact) mass is 363 g/mol. The first-order chi connectivity index (χ1) is 11.9. The molecule has 0 atom stereocenters. The van der Waals surface area contributed by atoms with Crippen molar-refractivity contribution in [1.29, 1.82) is 0 Å². The smallest absolute Gasteiger partial charge is 0.251 e. The molecule has 0 aliphatic carbocycles. The Morgan fingerprint density at radius 2 is 1.72 bits per heavy atom. The Labute approximate surface area is 154 Å². The van der Waals surface area contributed by atoms with E-state index in [1.165, 1.54) is 11.5 Å². The molecule has 0 spiro atoms. The van der Waals surface area contributed by atoms with Gasteiger partial charge in [-0.05, 0) is 17.7 Å². The molecule has 0 bridgehead atoms. The molecule has 6 heteroatoms. The van der Waals surface area contributed by atoms with Crippen LogP contribution in [0.5, 0.6) is 0 Å². The minimum Gasteiger partial charge on any atom is -0.352 e. The number of nitrogens with one attached hydrogen (secondary N) is 2. The van der Waals surface area contributed by atoms with Gasteiger partial charge in [0.05, 0.1) is 0 Å². The summed E-state index contributed by atoms with van der Waals surface area (Å²) >= 11 is 1.99. The van der Waals surface area contributed by atoms with E-state index in [1.807, 2.05) is 56.8 Å². The van der Waals surface area contributed by atoms with Crippen LogP contribution >= 0.6 is 11.8 Å². The average Bonchev–Trinajstić information content (AvgIpc) is 2.60. The van der Waals surface area contributed by atoms with Crippen molar-refractivity contribution in [3.8, 4) is 0 Å². The number of nitrogens with zero attached hydrogens (tertiary/aromatic N) is 1. The third-order valence-corrected chi connectivity index (χ3v) is 5.11. The van der Waals surface area contributed by atoms with Gasteiger partial charge in [0.1, 0.15) is 0 Å². The second-order valence-corrected chi connectivity index (χ2v) is 8.56. The number of thioether (sulfide) groups is 1. The topological polar surface area (TPSA) is 61.4 Å². The van der Waals surface area contributed by atoms with Crippen LogP contribution in [0.3, 0.4) is 0 Å². The third-order valence-electron chi connectivity index (χ3n) is 4.17. The highest BCUT2D eigenvalue weighted by atomic mass is 32.2. The van der Waals surface area contributed by atoms with Gasteiger partial charge in [-0.3, -0.25) is 14.5 Å². The number of rotatable bonds is 6. The van der Waals surface area contributed by atoms with Crippen molar-refractivity contribution in [3.63, 3.8) is 0 Å². The van der Waals surface area contributed by atoms with Crippen molar-refractivity contribution in [2.45, 2.75) is 27.3 Å². The predicted molar refractivity (Wildman–Crippen MR) is 104 cm³/mol. The molecule has 0 unspecified atom stereocenters. The largest absolute Gasteiger partial charge is 0.352 e. The van der Waals surface area contributed by atoms with Gasteiger partial charge in [-0.1, -0.05) is 32.9 Å². The molecule has 0 aromatic heterocycles. The second kappa shape index (κ2) is 9.25. The summed E-state index contributed by atoms with van der Waals surface area (Å²) in [5.41, 5.74) is 1.24. The zero-order valence-electron chi connectivity index (χ0n) is 15.4. The van der Waals surface area contributed by atoms with Gasteiger partial charge >= 0.3 is 0 Å².